The second-order valence-electron chi connectivity index (χ2n) is 6.85. The van der Waals surface area contributed by atoms with E-state index < -0.39 is 0 Å². The first kappa shape index (κ1) is 17.7. The number of halogens is 3. The molecule has 0 radical (unpaired) electrons. The van der Waals surface area contributed by atoms with E-state index in [1.54, 1.807) is 0 Å². The lowest BCUT2D eigenvalue weighted by Gasteiger charge is -2.17. The minimum atomic E-state index is 0.0297. The molecule has 2 N–H and O–H groups in total. The molecule has 0 aliphatic heterocycles. The summed E-state index contributed by atoms with van der Waals surface area (Å²) in [7, 11) is 0. The average molecular weight is 426 g/mol. The highest BCUT2D eigenvalue weighted by Gasteiger charge is 2.23. The highest BCUT2D eigenvalue weighted by Crippen LogP contribution is 2.40. The first-order valence-electron chi connectivity index (χ1n) is 8.89. The van der Waals surface area contributed by atoms with Gasteiger partial charge in [0.15, 0.2) is 0 Å². The van der Waals surface area contributed by atoms with Crippen molar-refractivity contribution in [2.45, 2.75) is 5.92 Å². The van der Waals surface area contributed by atoms with Gasteiger partial charge in [0.25, 0.3) is 0 Å². The maximum Gasteiger partial charge on any atom is 0.0472 e. The number of hydrogen-bond acceptors (Lipinski definition) is 0. The van der Waals surface area contributed by atoms with Gasteiger partial charge < -0.3 is 9.97 Å². The zero-order valence-corrected chi connectivity index (χ0v) is 16.9. The normalized spacial score (nSPS) is 11.7. The molecule has 5 heteroatoms. The molecule has 0 saturated heterocycles. The number of H-pyrrole nitrogens is 2. The van der Waals surface area contributed by atoms with Gasteiger partial charge >= 0.3 is 0 Å². The summed E-state index contributed by atoms with van der Waals surface area (Å²) in [4.78, 5) is 6.74. The molecule has 3 aromatic carbocycles. The summed E-state index contributed by atoms with van der Waals surface area (Å²) < 4.78 is 0. The van der Waals surface area contributed by atoms with E-state index >= 15 is 0 Å². The van der Waals surface area contributed by atoms with Crippen molar-refractivity contribution >= 4 is 56.6 Å². The summed E-state index contributed by atoms with van der Waals surface area (Å²) in [5.74, 6) is 0.0297. The zero-order valence-electron chi connectivity index (χ0n) is 14.6. The van der Waals surface area contributed by atoms with Crippen molar-refractivity contribution in [3.05, 3.63) is 105 Å². The maximum atomic E-state index is 6.18. The molecule has 0 aliphatic carbocycles. The first-order valence-corrected chi connectivity index (χ1v) is 10.0. The molecule has 0 saturated carbocycles. The molecule has 0 spiro atoms. The van der Waals surface area contributed by atoms with Gasteiger partial charge in [-0.15, -0.1) is 0 Å². The van der Waals surface area contributed by atoms with E-state index in [0.29, 0.717) is 10.0 Å². The van der Waals surface area contributed by atoms with E-state index in [1.165, 1.54) is 11.1 Å². The van der Waals surface area contributed by atoms with Gasteiger partial charge in [-0.1, -0.05) is 59.1 Å². The van der Waals surface area contributed by atoms with Gasteiger partial charge in [-0.25, -0.2) is 0 Å². The molecule has 2 heterocycles. The minimum Gasteiger partial charge on any atom is -0.361 e. The molecule has 138 valence electrons. The summed E-state index contributed by atoms with van der Waals surface area (Å²) in [5, 5.41) is 4.44. The summed E-state index contributed by atoms with van der Waals surface area (Å²) in [5.41, 5.74) is 5.57. The minimum absolute atomic E-state index is 0.0297. The van der Waals surface area contributed by atoms with E-state index in [1.807, 2.05) is 36.4 Å². The van der Waals surface area contributed by atoms with E-state index in [9.17, 15) is 0 Å². The number of nitrogens with one attached hydrogen (secondary N) is 2. The van der Waals surface area contributed by atoms with Crippen LogP contribution in [0.1, 0.15) is 22.6 Å². The van der Waals surface area contributed by atoms with Gasteiger partial charge in [0.2, 0.25) is 0 Å². The summed E-state index contributed by atoms with van der Waals surface area (Å²) in [6.45, 7) is 0. The average Bonchev–Trinajstić information content (AvgIpc) is 3.28. The maximum absolute atomic E-state index is 6.18. The fourth-order valence-electron chi connectivity index (χ4n) is 3.90. The second kappa shape index (κ2) is 6.89. The van der Waals surface area contributed by atoms with Gasteiger partial charge in [0.05, 0.1) is 0 Å². The lowest BCUT2D eigenvalue weighted by atomic mass is 9.85. The summed E-state index contributed by atoms with van der Waals surface area (Å²) >= 11 is 18.5. The van der Waals surface area contributed by atoms with Crippen molar-refractivity contribution in [2.75, 3.05) is 0 Å². The molecule has 0 unspecified atom stereocenters. The molecule has 2 aromatic heterocycles. The van der Waals surface area contributed by atoms with Crippen molar-refractivity contribution in [3.63, 3.8) is 0 Å². The Labute approximate surface area is 177 Å². The van der Waals surface area contributed by atoms with Crippen LogP contribution in [0.2, 0.25) is 15.1 Å². The number of benzene rings is 3. The van der Waals surface area contributed by atoms with Crippen LogP contribution in [-0.4, -0.2) is 9.97 Å². The number of aromatic nitrogens is 2. The Kier molecular flexibility index (Phi) is 4.36. The highest BCUT2D eigenvalue weighted by atomic mass is 35.5. The monoisotopic (exact) mass is 424 g/mol. The quantitative estimate of drug-likeness (QED) is 0.295. The van der Waals surface area contributed by atoms with E-state index in [0.717, 1.165) is 32.4 Å². The van der Waals surface area contributed by atoms with Crippen LogP contribution in [0, 0.1) is 0 Å². The van der Waals surface area contributed by atoms with Crippen LogP contribution < -0.4 is 0 Å². The predicted octanol–water partition coefficient (Wildman–Crippen LogP) is 7.79. The molecule has 5 rings (SSSR count). The SMILES string of the molecule is Clc1ccc(C(c2c[nH]c3cc(Cl)ccc23)c2c[nH]c3cc(Cl)ccc23)cc1. The second-order valence-corrected chi connectivity index (χ2v) is 8.16. The van der Waals surface area contributed by atoms with E-state index in [-0.39, 0.29) is 5.92 Å². The molecule has 0 atom stereocenters. The van der Waals surface area contributed by atoms with Crippen LogP contribution in [0.25, 0.3) is 21.8 Å². The van der Waals surface area contributed by atoms with E-state index in [2.05, 4.69) is 46.6 Å². The Hall–Kier alpha value is -2.39. The molecule has 5 aromatic rings. The van der Waals surface area contributed by atoms with Crippen molar-refractivity contribution < 1.29 is 0 Å². The topological polar surface area (TPSA) is 31.6 Å². The van der Waals surface area contributed by atoms with Gasteiger partial charge in [-0.2, -0.15) is 0 Å². The molecule has 0 aliphatic rings. The van der Waals surface area contributed by atoms with Crippen molar-refractivity contribution in [2.24, 2.45) is 0 Å². The van der Waals surface area contributed by atoms with Crippen molar-refractivity contribution in [1.82, 2.24) is 9.97 Å². The predicted molar refractivity (Wildman–Crippen MR) is 119 cm³/mol. The van der Waals surface area contributed by atoms with Crippen molar-refractivity contribution in [1.29, 1.82) is 0 Å². The highest BCUT2D eigenvalue weighted by molar-refractivity contribution is 6.31. The fourth-order valence-corrected chi connectivity index (χ4v) is 4.37. The Morgan fingerprint density at radius 3 is 1.54 bits per heavy atom. The standard InChI is InChI=1S/C23H15Cl3N2/c24-14-3-1-13(2-4-14)23(19-11-27-21-9-15(25)5-7-17(19)21)20-12-28-22-10-16(26)6-8-18(20)22/h1-12,23,27-28H. The Balaban J connectivity index is 1.78. The number of rotatable bonds is 3. The zero-order chi connectivity index (χ0) is 19.3. The number of fused-ring (bicyclic) bond motifs is 2. The summed E-state index contributed by atoms with van der Waals surface area (Å²) in [6.07, 6.45) is 4.13. The molecule has 0 fully saturated rings. The number of hydrogen-bond donors (Lipinski definition) is 2. The Bertz CT molecular complexity index is 1220. The largest absolute Gasteiger partial charge is 0.361 e. The third-order valence-electron chi connectivity index (χ3n) is 5.18. The summed E-state index contributed by atoms with van der Waals surface area (Å²) in [6, 6.07) is 19.9. The molecular formula is C23H15Cl3N2. The lowest BCUT2D eigenvalue weighted by Crippen LogP contribution is -2.02. The first-order chi connectivity index (χ1) is 13.6. The van der Waals surface area contributed by atoms with Crippen LogP contribution >= 0.6 is 34.8 Å². The molecule has 28 heavy (non-hydrogen) atoms. The van der Waals surface area contributed by atoms with Crippen molar-refractivity contribution in [3.8, 4) is 0 Å². The molecular weight excluding hydrogens is 411 g/mol. The molecule has 2 nitrogen and oxygen atoms in total. The van der Waals surface area contributed by atoms with Gasteiger partial charge in [-0.3, -0.25) is 0 Å². The van der Waals surface area contributed by atoms with Crippen LogP contribution in [0.3, 0.4) is 0 Å². The van der Waals surface area contributed by atoms with Gasteiger partial charge in [-0.05, 0) is 53.1 Å². The van der Waals surface area contributed by atoms with Crippen LogP contribution in [0.4, 0.5) is 0 Å². The third-order valence-corrected chi connectivity index (χ3v) is 5.90. The smallest absolute Gasteiger partial charge is 0.0472 e. The molecule has 0 bridgehead atoms. The van der Waals surface area contributed by atoms with Gasteiger partial charge in [0, 0.05) is 55.2 Å². The van der Waals surface area contributed by atoms with Crippen LogP contribution in [-0.2, 0) is 0 Å². The Morgan fingerprint density at radius 1 is 0.571 bits per heavy atom. The van der Waals surface area contributed by atoms with Crippen LogP contribution in [0.15, 0.2) is 73.1 Å². The number of aromatic amines is 2. The Morgan fingerprint density at radius 2 is 1.04 bits per heavy atom. The van der Waals surface area contributed by atoms with Gasteiger partial charge in [0.1, 0.15) is 0 Å². The van der Waals surface area contributed by atoms with E-state index in [4.69, 9.17) is 34.8 Å². The lowest BCUT2D eigenvalue weighted by molar-refractivity contribution is 0.998. The fraction of sp³-hybridized carbons (Fsp3) is 0.0435. The third kappa shape index (κ3) is 2.98. The molecule has 0 amide bonds. The van der Waals surface area contributed by atoms with Crippen LogP contribution in [0.5, 0.6) is 0 Å².